The van der Waals surface area contributed by atoms with Gasteiger partial charge in [0.2, 0.25) is 22.9 Å². The number of nitrogens with zero attached hydrogens (tertiary/aromatic N) is 4. The Morgan fingerprint density at radius 3 is 3.11 bits per heavy atom. The van der Waals surface area contributed by atoms with Crippen LogP contribution in [0.4, 0.5) is 11.6 Å². The normalized spacial score (nSPS) is 17.0. The molecule has 2 N–H and O–H groups in total. The van der Waals surface area contributed by atoms with E-state index in [-0.39, 0.29) is 18.2 Å². The molecule has 2 aromatic heterocycles. The quantitative estimate of drug-likeness (QED) is 0.636. The SMILES string of the molecule is CCSc1n[nH]c(NC(=O)C2CC(=O)N(c3ccc4sc(C)nc4c3)C2)n1. The Morgan fingerprint density at radius 2 is 2.30 bits per heavy atom. The first kappa shape index (κ1) is 17.9. The van der Waals surface area contributed by atoms with E-state index >= 15 is 0 Å². The van der Waals surface area contributed by atoms with Crippen LogP contribution < -0.4 is 10.2 Å². The molecule has 0 aliphatic carbocycles. The van der Waals surface area contributed by atoms with E-state index in [4.69, 9.17) is 0 Å². The highest BCUT2D eigenvalue weighted by molar-refractivity contribution is 7.99. The number of amides is 2. The lowest BCUT2D eigenvalue weighted by atomic mass is 10.1. The summed E-state index contributed by atoms with van der Waals surface area (Å²) in [4.78, 5) is 35.3. The van der Waals surface area contributed by atoms with Gasteiger partial charge in [-0.05, 0) is 30.9 Å². The molecule has 1 fully saturated rings. The average molecular weight is 403 g/mol. The molecule has 8 nitrogen and oxygen atoms in total. The third-order valence-corrected chi connectivity index (χ3v) is 5.95. The monoisotopic (exact) mass is 402 g/mol. The lowest BCUT2D eigenvalue weighted by molar-refractivity contribution is -0.122. The molecule has 1 aliphatic rings. The summed E-state index contributed by atoms with van der Waals surface area (Å²) in [6.45, 7) is 4.30. The number of hydrogen-bond acceptors (Lipinski definition) is 7. The van der Waals surface area contributed by atoms with Crippen molar-refractivity contribution in [1.82, 2.24) is 20.2 Å². The second-order valence-electron chi connectivity index (χ2n) is 6.18. The fourth-order valence-corrected chi connectivity index (χ4v) is 4.38. The average Bonchev–Trinajstić information content (AvgIpc) is 3.32. The van der Waals surface area contributed by atoms with E-state index in [0.717, 1.165) is 26.7 Å². The number of hydrogen-bond donors (Lipinski definition) is 2. The Labute approximate surface area is 163 Å². The van der Waals surface area contributed by atoms with Gasteiger partial charge in [-0.25, -0.2) is 10.1 Å². The van der Waals surface area contributed by atoms with E-state index < -0.39 is 5.92 Å². The van der Waals surface area contributed by atoms with Gasteiger partial charge < -0.3 is 4.90 Å². The molecule has 0 spiro atoms. The van der Waals surface area contributed by atoms with Crippen LogP contribution in [0, 0.1) is 12.8 Å². The van der Waals surface area contributed by atoms with Crippen LogP contribution in [0.5, 0.6) is 0 Å². The van der Waals surface area contributed by atoms with Gasteiger partial charge in [-0.3, -0.25) is 14.9 Å². The van der Waals surface area contributed by atoms with Crippen molar-refractivity contribution in [3.8, 4) is 0 Å². The number of carbonyl (C=O) groups is 2. The molecule has 0 radical (unpaired) electrons. The second kappa shape index (κ2) is 7.28. The van der Waals surface area contributed by atoms with Crippen molar-refractivity contribution in [2.45, 2.75) is 25.4 Å². The van der Waals surface area contributed by atoms with Crippen molar-refractivity contribution in [2.75, 3.05) is 22.5 Å². The molecule has 3 aromatic rings. The molecule has 1 aromatic carbocycles. The summed E-state index contributed by atoms with van der Waals surface area (Å²) < 4.78 is 1.09. The number of nitrogens with one attached hydrogen (secondary N) is 2. The lowest BCUT2D eigenvalue weighted by Gasteiger charge is -2.16. The Kier molecular flexibility index (Phi) is 4.83. The van der Waals surface area contributed by atoms with E-state index in [9.17, 15) is 9.59 Å². The minimum absolute atomic E-state index is 0.0683. The summed E-state index contributed by atoms with van der Waals surface area (Å²) in [5.41, 5.74) is 1.65. The van der Waals surface area contributed by atoms with Crippen LogP contribution in [0.1, 0.15) is 18.4 Å². The zero-order valence-corrected chi connectivity index (χ0v) is 16.5. The standard InChI is InChI=1S/C17H18N6O2S2/c1-3-26-17-20-16(21-22-17)19-15(25)10-6-14(24)23(8-10)11-4-5-13-12(7-11)18-9(2)27-13/h4-5,7,10H,3,6,8H2,1-2H3,(H2,19,20,21,22,25). The van der Waals surface area contributed by atoms with Gasteiger partial charge in [-0.1, -0.05) is 18.7 Å². The zero-order valence-electron chi connectivity index (χ0n) is 14.9. The predicted octanol–water partition coefficient (Wildman–Crippen LogP) is 2.83. The van der Waals surface area contributed by atoms with Crippen molar-refractivity contribution >= 4 is 56.8 Å². The molecule has 27 heavy (non-hydrogen) atoms. The predicted molar refractivity (Wildman–Crippen MR) is 106 cm³/mol. The number of anilines is 2. The highest BCUT2D eigenvalue weighted by Crippen LogP contribution is 2.30. The van der Waals surface area contributed by atoms with Crippen molar-refractivity contribution in [1.29, 1.82) is 0 Å². The lowest BCUT2D eigenvalue weighted by Crippen LogP contribution is -2.28. The van der Waals surface area contributed by atoms with Crippen LogP contribution in [0.3, 0.4) is 0 Å². The number of aryl methyl sites for hydroxylation is 1. The van der Waals surface area contributed by atoms with Crippen molar-refractivity contribution < 1.29 is 9.59 Å². The Hall–Kier alpha value is -2.46. The van der Waals surface area contributed by atoms with E-state index in [1.165, 1.54) is 11.8 Å². The Bertz CT molecular complexity index is 1010. The highest BCUT2D eigenvalue weighted by Gasteiger charge is 2.35. The largest absolute Gasteiger partial charge is 0.312 e. The third kappa shape index (κ3) is 3.67. The molecular weight excluding hydrogens is 384 g/mol. The number of thioether (sulfide) groups is 1. The topological polar surface area (TPSA) is 104 Å². The van der Waals surface area contributed by atoms with Gasteiger partial charge in [0.05, 0.1) is 21.1 Å². The fraction of sp³-hybridized carbons (Fsp3) is 0.353. The van der Waals surface area contributed by atoms with Gasteiger partial charge in [0, 0.05) is 18.7 Å². The van der Waals surface area contributed by atoms with Gasteiger partial charge in [-0.15, -0.1) is 16.4 Å². The molecule has 0 saturated carbocycles. The molecule has 1 saturated heterocycles. The van der Waals surface area contributed by atoms with E-state index in [2.05, 4.69) is 25.5 Å². The van der Waals surface area contributed by atoms with Crippen LogP contribution >= 0.6 is 23.1 Å². The summed E-state index contributed by atoms with van der Waals surface area (Å²) in [6.07, 6.45) is 0.171. The maximum Gasteiger partial charge on any atom is 0.232 e. The Morgan fingerprint density at radius 1 is 1.44 bits per heavy atom. The minimum atomic E-state index is -0.433. The molecule has 0 bridgehead atoms. The van der Waals surface area contributed by atoms with Crippen molar-refractivity contribution in [3.63, 3.8) is 0 Å². The number of aromatic amines is 1. The van der Waals surface area contributed by atoms with E-state index in [1.807, 2.05) is 32.0 Å². The van der Waals surface area contributed by atoms with Gasteiger partial charge in [0.1, 0.15) is 0 Å². The molecule has 140 valence electrons. The number of benzene rings is 1. The van der Waals surface area contributed by atoms with Crippen molar-refractivity contribution in [3.05, 3.63) is 23.2 Å². The fourth-order valence-electron chi connectivity index (χ4n) is 3.05. The van der Waals surface area contributed by atoms with Gasteiger partial charge in [0.15, 0.2) is 0 Å². The molecule has 10 heteroatoms. The number of thiazole rings is 1. The number of aromatic nitrogens is 4. The molecule has 1 aliphatic heterocycles. The summed E-state index contributed by atoms with van der Waals surface area (Å²) in [6, 6.07) is 5.78. The minimum Gasteiger partial charge on any atom is -0.312 e. The number of fused-ring (bicyclic) bond motifs is 1. The van der Waals surface area contributed by atoms with Crippen LogP contribution in [0.2, 0.25) is 0 Å². The van der Waals surface area contributed by atoms with Crippen LogP contribution in [-0.2, 0) is 9.59 Å². The van der Waals surface area contributed by atoms with Gasteiger partial charge in [-0.2, -0.15) is 4.98 Å². The van der Waals surface area contributed by atoms with Crippen LogP contribution in [0.15, 0.2) is 23.4 Å². The van der Waals surface area contributed by atoms with Gasteiger partial charge >= 0.3 is 0 Å². The molecular formula is C17H18N6O2S2. The molecule has 4 rings (SSSR count). The highest BCUT2D eigenvalue weighted by atomic mass is 32.2. The van der Waals surface area contributed by atoms with Crippen molar-refractivity contribution in [2.24, 2.45) is 5.92 Å². The third-order valence-electron chi connectivity index (χ3n) is 4.27. The first-order valence-corrected chi connectivity index (χ1v) is 10.4. The van der Waals surface area contributed by atoms with Crippen LogP contribution in [0.25, 0.3) is 10.2 Å². The zero-order chi connectivity index (χ0) is 19.0. The van der Waals surface area contributed by atoms with Crippen LogP contribution in [-0.4, -0.2) is 44.3 Å². The molecule has 2 amide bonds. The molecule has 1 unspecified atom stereocenters. The number of carbonyl (C=O) groups excluding carboxylic acids is 2. The first-order chi connectivity index (χ1) is 13.0. The first-order valence-electron chi connectivity index (χ1n) is 8.57. The Balaban J connectivity index is 1.46. The summed E-state index contributed by atoms with van der Waals surface area (Å²) in [7, 11) is 0. The molecule has 1 atom stereocenters. The van der Waals surface area contributed by atoms with E-state index in [0.29, 0.717) is 17.6 Å². The molecule has 3 heterocycles. The van der Waals surface area contributed by atoms with E-state index in [1.54, 1.807) is 16.2 Å². The maximum atomic E-state index is 12.5. The van der Waals surface area contributed by atoms with Gasteiger partial charge in [0.25, 0.3) is 0 Å². The smallest absolute Gasteiger partial charge is 0.232 e. The summed E-state index contributed by atoms with van der Waals surface area (Å²) >= 11 is 3.10. The second-order valence-corrected chi connectivity index (χ2v) is 8.65. The summed E-state index contributed by atoms with van der Waals surface area (Å²) in [5.74, 6) is 0.418. The number of rotatable bonds is 5. The summed E-state index contributed by atoms with van der Waals surface area (Å²) in [5, 5.41) is 11.0. The number of H-pyrrole nitrogens is 1. The maximum absolute atomic E-state index is 12.5.